The van der Waals surface area contributed by atoms with Gasteiger partial charge in [0.25, 0.3) is 5.56 Å². The van der Waals surface area contributed by atoms with Crippen molar-refractivity contribution in [2.45, 2.75) is 58.9 Å². The molecule has 0 saturated carbocycles. The molecule has 1 aromatic carbocycles. The number of hydrogen-bond acceptors (Lipinski definition) is 1. The molecule has 1 heterocycles. The van der Waals surface area contributed by atoms with Crippen LogP contribution in [-0.2, 0) is 6.54 Å². The zero-order valence-electron chi connectivity index (χ0n) is 12.7. The van der Waals surface area contributed by atoms with Crippen LogP contribution in [0.4, 0.5) is 0 Å². The van der Waals surface area contributed by atoms with E-state index in [1.165, 1.54) is 37.7 Å². The Hall–Kier alpha value is -1.57. The molecule has 20 heavy (non-hydrogen) atoms. The minimum absolute atomic E-state index is 0.122. The van der Waals surface area contributed by atoms with E-state index in [0.717, 1.165) is 23.9 Å². The summed E-state index contributed by atoms with van der Waals surface area (Å²) in [5.74, 6) is 0. The molecule has 2 aromatic rings. The van der Waals surface area contributed by atoms with Crippen LogP contribution < -0.4 is 5.56 Å². The van der Waals surface area contributed by atoms with E-state index in [0.29, 0.717) is 0 Å². The topological polar surface area (TPSA) is 22.0 Å². The fourth-order valence-electron chi connectivity index (χ4n) is 2.68. The Morgan fingerprint density at radius 2 is 1.65 bits per heavy atom. The highest BCUT2D eigenvalue weighted by Crippen LogP contribution is 2.15. The second-order valence-corrected chi connectivity index (χ2v) is 5.65. The molecule has 0 N–H and O–H groups in total. The smallest absolute Gasteiger partial charge is 0.251 e. The monoisotopic (exact) mass is 271 g/mol. The van der Waals surface area contributed by atoms with Gasteiger partial charge in [-0.15, -0.1) is 0 Å². The van der Waals surface area contributed by atoms with Gasteiger partial charge in [-0.2, -0.15) is 0 Å². The van der Waals surface area contributed by atoms with Gasteiger partial charge in [-0.1, -0.05) is 51.2 Å². The van der Waals surface area contributed by atoms with Crippen LogP contribution in [0, 0.1) is 6.92 Å². The van der Waals surface area contributed by atoms with Gasteiger partial charge in [-0.25, -0.2) is 0 Å². The lowest BCUT2D eigenvalue weighted by molar-refractivity contribution is 0.558. The molecule has 0 aliphatic rings. The van der Waals surface area contributed by atoms with Crippen LogP contribution in [0.5, 0.6) is 0 Å². The Bertz CT molecular complexity index is 612. The Labute approximate surface area is 121 Å². The van der Waals surface area contributed by atoms with Crippen molar-refractivity contribution in [1.29, 1.82) is 0 Å². The zero-order valence-corrected chi connectivity index (χ0v) is 12.7. The van der Waals surface area contributed by atoms with Crippen molar-refractivity contribution >= 4 is 10.9 Å². The number of benzene rings is 1. The highest BCUT2D eigenvalue weighted by molar-refractivity contribution is 5.79. The third-order valence-electron chi connectivity index (χ3n) is 3.88. The van der Waals surface area contributed by atoms with Crippen molar-refractivity contribution in [2.24, 2.45) is 0 Å². The van der Waals surface area contributed by atoms with E-state index >= 15 is 0 Å². The molecule has 0 spiro atoms. The molecule has 0 bridgehead atoms. The third kappa shape index (κ3) is 3.72. The zero-order chi connectivity index (χ0) is 14.4. The first-order valence-corrected chi connectivity index (χ1v) is 7.82. The van der Waals surface area contributed by atoms with E-state index in [4.69, 9.17) is 0 Å². The predicted octanol–water partition coefficient (Wildman–Crippen LogP) is 4.67. The number of fused-ring (bicyclic) bond motifs is 1. The van der Waals surface area contributed by atoms with Crippen LogP contribution in [0.25, 0.3) is 10.9 Å². The van der Waals surface area contributed by atoms with Gasteiger partial charge in [0.1, 0.15) is 0 Å². The molecule has 0 fully saturated rings. The lowest BCUT2D eigenvalue weighted by Gasteiger charge is -2.10. The highest BCUT2D eigenvalue weighted by Gasteiger charge is 2.03. The van der Waals surface area contributed by atoms with Crippen molar-refractivity contribution in [1.82, 2.24) is 4.57 Å². The van der Waals surface area contributed by atoms with Gasteiger partial charge in [0, 0.05) is 12.6 Å². The average molecular weight is 271 g/mol. The third-order valence-corrected chi connectivity index (χ3v) is 3.88. The van der Waals surface area contributed by atoms with E-state index in [1.807, 2.05) is 10.6 Å². The van der Waals surface area contributed by atoms with Crippen molar-refractivity contribution in [3.63, 3.8) is 0 Å². The number of unbranched alkanes of at least 4 members (excludes halogenated alkanes) is 5. The van der Waals surface area contributed by atoms with E-state index in [1.54, 1.807) is 6.07 Å². The summed E-state index contributed by atoms with van der Waals surface area (Å²) in [6.45, 7) is 5.15. The molecule has 0 radical (unpaired) electrons. The summed E-state index contributed by atoms with van der Waals surface area (Å²) in [7, 11) is 0. The SMILES string of the molecule is CCCCCCCCn1c(=O)ccc2ccc(C)cc21. The maximum atomic E-state index is 12.1. The Morgan fingerprint density at radius 3 is 2.45 bits per heavy atom. The van der Waals surface area contributed by atoms with E-state index in [9.17, 15) is 4.79 Å². The molecule has 0 atom stereocenters. The maximum Gasteiger partial charge on any atom is 0.251 e. The normalized spacial score (nSPS) is 11.1. The molecule has 2 rings (SSSR count). The molecule has 108 valence electrons. The van der Waals surface area contributed by atoms with Gasteiger partial charge in [0.05, 0.1) is 5.52 Å². The molecule has 0 amide bonds. The van der Waals surface area contributed by atoms with Gasteiger partial charge in [0.15, 0.2) is 0 Å². The molecular formula is C18H25NO. The Balaban J connectivity index is 2.07. The van der Waals surface area contributed by atoms with E-state index in [-0.39, 0.29) is 5.56 Å². The van der Waals surface area contributed by atoms with Crippen LogP contribution in [0.3, 0.4) is 0 Å². The van der Waals surface area contributed by atoms with Crippen molar-refractivity contribution in [3.8, 4) is 0 Å². The van der Waals surface area contributed by atoms with E-state index in [2.05, 4.69) is 32.0 Å². The van der Waals surface area contributed by atoms with Gasteiger partial charge < -0.3 is 4.57 Å². The number of aromatic nitrogens is 1. The summed E-state index contributed by atoms with van der Waals surface area (Å²) < 4.78 is 1.93. The van der Waals surface area contributed by atoms with Crippen molar-refractivity contribution in [3.05, 3.63) is 46.2 Å². The molecule has 1 aromatic heterocycles. The van der Waals surface area contributed by atoms with Crippen LogP contribution in [0.2, 0.25) is 0 Å². The Kier molecular flexibility index (Phi) is 5.40. The molecule has 2 nitrogen and oxygen atoms in total. The predicted molar refractivity (Wildman–Crippen MR) is 86.3 cm³/mol. The largest absolute Gasteiger partial charge is 0.308 e. The Morgan fingerprint density at radius 1 is 0.950 bits per heavy atom. The number of nitrogens with zero attached hydrogens (tertiary/aromatic N) is 1. The quantitative estimate of drug-likeness (QED) is 0.671. The molecule has 0 aliphatic carbocycles. The minimum atomic E-state index is 0.122. The van der Waals surface area contributed by atoms with Crippen LogP contribution in [0.15, 0.2) is 35.1 Å². The summed E-state index contributed by atoms with van der Waals surface area (Å²) in [4.78, 5) is 12.1. The first-order chi connectivity index (χ1) is 9.72. The lowest BCUT2D eigenvalue weighted by Crippen LogP contribution is -2.19. The van der Waals surface area contributed by atoms with Crippen LogP contribution in [0.1, 0.15) is 51.0 Å². The van der Waals surface area contributed by atoms with Crippen LogP contribution >= 0.6 is 0 Å². The first-order valence-electron chi connectivity index (χ1n) is 7.82. The maximum absolute atomic E-state index is 12.1. The van der Waals surface area contributed by atoms with E-state index < -0.39 is 0 Å². The number of hydrogen-bond donors (Lipinski definition) is 0. The van der Waals surface area contributed by atoms with Gasteiger partial charge in [-0.05, 0) is 36.4 Å². The molecule has 0 unspecified atom stereocenters. The van der Waals surface area contributed by atoms with Crippen molar-refractivity contribution < 1.29 is 0 Å². The summed E-state index contributed by atoms with van der Waals surface area (Å²) in [5.41, 5.74) is 2.41. The molecule has 2 heteroatoms. The lowest BCUT2D eigenvalue weighted by atomic mass is 10.1. The minimum Gasteiger partial charge on any atom is -0.308 e. The molecule has 0 saturated heterocycles. The summed E-state index contributed by atoms with van der Waals surface area (Å²) in [6.07, 6.45) is 7.52. The second-order valence-electron chi connectivity index (χ2n) is 5.65. The van der Waals surface area contributed by atoms with Gasteiger partial charge in [-0.3, -0.25) is 4.79 Å². The summed E-state index contributed by atoms with van der Waals surface area (Å²) in [6, 6.07) is 9.93. The van der Waals surface area contributed by atoms with Gasteiger partial charge in [0.2, 0.25) is 0 Å². The number of pyridine rings is 1. The first kappa shape index (κ1) is 14.8. The highest BCUT2D eigenvalue weighted by atomic mass is 16.1. The number of aryl methyl sites for hydroxylation is 2. The van der Waals surface area contributed by atoms with Crippen molar-refractivity contribution in [2.75, 3.05) is 0 Å². The molecular weight excluding hydrogens is 246 g/mol. The fourth-order valence-corrected chi connectivity index (χ4v) is 2.68. The summed E-state index contributed by atoms with van der Waals surface area (Å²) in [5, 5.41) is 1.15. The fraction of sp³-hybridized carbons (Fsp3) is 0.500. The second kappa shape index (κ2) is 7.28. The standard InChI is InChI=1S/C18H25NO/c1-3-4-5-6-7-8-13-19-17-14-15(2)9-10-16(17)11-12-18(19)20/h9-12,14H,3-8,13H2,1-2H3. The average Bonchev–Trinajstić information content (AvgIpc) is 2.44. The number of rotatable bonds is 7. The van der Waals surface area contributed by atoms with Crippen LogP contribution in [-0.4, -0.2) is 4.57 Å². The van der Waals surface area contributed by atoms with Gasteiger partial charge >= 0.3 is 0 Å². The summed E-state index contributed by atoms with van der Waals surface area (Å²) >= 11 is 0. The molecule has 0 aliphatic heterocycles.